The van der Waals surface area contributed by atoms with E-state index in [2.05, 4.69) is 133 Å². The van der Waals surface area contributed by atoms with Gasteiger partial charge in [-0.25, -0.2) is 0 Å². The summed E-state index contributed by atoms with van der Waals surface area (Å²) in [6.45, 7) is 4.02. The minimum absolute atomic E-state index is 0.801. The summed E-state index contributed by atoms with van der Waals surface area (Å²) in [7, 11) is 12.0. The van der Waals surface area contributed by atoms with E-state index in [1.807, 2.05) is 18.2 Å². The van der Waals surface area contributed by atoms with Gasteiger partial charge in [-0.2, -0.15) is 4.57 Å². The number of aryl methyl sites for hydroxylation is 1. The first kappa shape index (κ1) is 32.5. The third-order valence-corrected chi connectivity index (χ3v) is 9.94. The number of nitrogens with zero attached hydrogens (tertiary/aromatic N) is 4. The van der Waals surface area contributed by atoms with Gasteiger partial charge in [0.25, 0.3) is 5.01 Å². The first-order valence-corrected chi connectivity index (χ1v) is 17.0. The van der Waals surface area contributed by atoms with Crippen LogP contribution in [-0.4, -0.2) is 58.3 Å². The third kappa shape index (κ3) is 7.28. The molecule has 0 spiro atoms. The first-order chi connectivity index (χ1) is 22.8. The maximum atomic E-state index is 5.69. The number of thiazole rings is 1. The summed E-state index contributed by atoms with van der Waals surface area (Å²) in [5.41, 5.74) is 9.56. The van der Waals surface area contributed by atoms with Crippen LogP contribution in [-0.2, 0) is 20.1 Å². The second kappa shape index (κ2) is 14.6. The van der Waals surface area contributed by atoms with Crippen molar-refractivity contribution in [1.82, 2.24) is 9.80 Å². The summed E-state index contributed by atoms with van der Waals surface area (Å²) in [6, 6.07) is 30.3. The summed E-state index contributed by atoms with van der Waals surface area (Å²) in [5.74, 6) is 1.60. The maximum absolute atomic E-state index is 5.69. The fraction of sp³-hybridized carbons (Fsp3) is 0.275. The highest BCUT2D eigenvalue weighted by Crippen LogP contribution is 2.40. The Balaban J connectivity index is 1.22. The molecule has 0 aliphatic carbocycles. The van der Waals surface area contributed by atoms with E-state index in [0.29, 0.717) is 0 Å². The molecule has 7 heteroatoms. The fourth-order valence-corrected chi connectivity index (χ4v) is 7.43. The lowest BCUT2D eigenvalue weighted by Crippen LogP contribution is -2.29. The molecule has 0 fully saturated rings. The van der Waals surface area contributed by atoms with Crippen LogP contribution in [0.2, 0.25) is 0 Å². The molecule has 0 bridgehead atoms. The standard InChI is InChI=1S/C40H45N4O2S/c1-41(2)22-10-23-42(3)27-29-15-17-30(18-16-29)28-44-24-21-31(33-11-7-8-12-34(33)44)26-39-43(4)35-20-19-32(25-38(35)47-39)40-36(45-5)13-9-14-37(40)46-6/h7-9,11-21,24-26H,10,22-23,27-28H2,1-6H3/q+1. The molecule has 1 aromatic heterocycles. The van der Waals surface area contributed by atoms with Crippen molar-refractivity contribution < 1.29 is 14.0 Å². The van der Waals surface area contributed by atoms with Gasteiger partial charge in [-0.3, -0.25) is 0 Å². The minimum atomic E-state index is 0.801. The highest BCUT2D eigenvalue weighted by Gasteiger charge is 2.22. The Bertz CT molecular complexity index is 1890. The number of rotatable bonds is 12. The Morgan fingerprint density at radius 1 is 0.830 bits per heavy atom. The smallest absolute Gasteiger partial charge is 0.263 e. The van der Waals surface area contributed by atoms with E-state index < -0.39 is 0 Å². The van der Waals surface area contributed by atoms with E-state index in [9.17, 15) is 0 Å². The molecule has 0 saturated heterocycles. The van der Waals surface area contributed by atoms with Gasteiger partial charge in [-0.1, -0.05) is 59.9 Å². The zero-order valence-corrected chi connectivity index (χ0v) is 29.2. The second-order valence-electron chi connectivity index (χ2n) is 12.5. The molecule has 4 aromatic carbocycles. The molecular formula is C40H45N4O2S+. The first-order valence-electron chi connectivity index (χ1n) is 16.2. The van der Waals surface area contributed by atoms with E-state index in [1.165, 1.54) is 49.6 Å². The Morgan fingerprint density at radius 2 is 1.55 bits per heavy atom. The normalized spacial score (nSPS) is 13.6. The van der Waals surface area contributed by atoms with Crippen LogP contribution in [0.1, 0.15) is 28.1 Å². The van der Waals surface area contributed by atoms with Crippen molar-refractivity contribution in [2.45, 2.75) is 19.5 Å². The lowest BCUT2D eigenvalue weighted by molar-refractivity contribution is -0.642. The van der Waals surface area contributed by atoms with Crippen molar-refractivity contribution in [1.29, 1.82) is 0 Å². The molecule has 47 heavy (non-hydrogen) atoms. The maximum Gasteiger partial charge on any atom is 0.263 e. The average molecular weight is 646 g/mol. The minimum Gasteiger partial charge on any atom is -0.496 e. The third-order valence-electron chi connectivity index (χ3n) is 8.79. The molecule has 1 aliphatic heterocycles. The van der Waals surface area contributed by atoms with Gasteiger partial charge < -0.3 is 24.2 Å². The molecular weight excluding hydrogens is 601 g/mol. The summed E-state index contributed by atoms with van der Waals surface area (Å²) in [4.78, 5) is 7.01. The molecule has 6 nitrogen and oxygen atoms in total. The van der Waals surface area contributed by atoms with Crippen LogP contribution in [0.25, 0.3) is 33.0 Å². The summed E-state index contributed by atoms with van der Waals surface area (Å²) < 4.78 is 14.9. The van der Waals surface area contributed by atoms with Crippen LogP contribution in [0.3, 0.4) is 0 Å². The summed E-state index contributed by atoms with van der Waals surface area (Å²) >= 11 is 1.79. The number of aromatic nitrogens is 1. The predicted octanol–water partition coefficient (Wildman–Crippen LogP) is 7.87. The highest BCUT2D eigenvalue weighted by molar-refractivity contribution is 7.19. The molecule has 0 N–H and O–H groups in total. The van der Waals surface area contributed by atoms with Crippen LogP contribution in [0.15, 0.2) is 97.2 Å². The average Bonchev–Trinajstić information content (AvgIpc) is 3.39. The SMILES string of the molecule is COc1cccc(OC)c1-c1ccc2c(c1)sc(C=C1C=CN(Cc3ccc(CN(C)CCCN(C)C)cc3)c3ccccc31)[n+]2C. The van der Waals surface area contributed by atoms with Crippen molar-refractivity contribution in [2.24, 2.45) is 7.05 Å². The Hall–Kier alpha value is -4.43. The number of para-hydroxylation sites is 1. The molecule has 1 aliphatic rings. The van der Waals surface area contributed by atoms with Crippen LogP contribution in [0, 0.1) is 0 Å². The van der Waals surface area contributed by atoms with Gasteiger partial charge in [0.15, 0.2) is 0 Å². The van der Waals surface area contributed by atoms with Gasteiger partial charge in [0, 0.05) is 42.7 Å². The van der Waals surface area contributed by atoms with Gasteiger partial charge in [-0.05, 0) is 99.3 Å². The fourth-order valence-electron chi connectivity index (χ4n) is 6.29. The van der Waals surface area contributed by atoms with Crippen molar-refractivity contribution >= 4 is 38.9 Å². The lowest BCUT2D eigenvalue weighted by Gasteiger charge is -2.27. The van der Waals surface area contributed by atoms with Crippen LogP contribution in [0.4, 0.5) is 5.69 Å². The van der Waals surface area contributed by atoms with E-state index in [0.717, 1.165) is 48.8 Å². The monoisotopic (exact) mass is 645 g/mol. The number of hydrogen-bond acceptors (Lipinski definition) is 6. The predicted molar refractivity (Wildman–Crippen MR) is 197 cm³/mol. The van der Waals surface area contributed by atoms with Gasteiger partial charge in [0.05, 0.1) is 19.8 Å². The number of allylic oxidation sites excluding steroid dienone is 2. The van der Waals surface area contributed by atoms with Crippen LogP contribution >= 0.6 is 11.3 Å². The van der Waals surface area contributed by atoms with Gasteiger partial charge >= 0.3 is 0 Å². The zero-order chi connectivity index (χ0) is 32.9. The van der Waals surface area contributed by atoms with Gasteiger partial charge in [-0.15, -0.1) is 0 Å². The molecule has 0 radical (unpaired) electrons. The number of anilines is 1. The van der Waals surface area contributed by atoms with Gasteiger partial charge in [0.2, 0.25) is 5.52 Å². The number of hydrogen-bond donors (Lipinski definition) is 0. The number of ether oxygens (including phenoxy) is 2. The lowest BCUT2D eigenvalue weighted by atomic mass is 9.99. The number of methoxy groups -OCH3 is 2. The molecule has 0 unspecified atom stereocenters. The molecule has 0 saturated carbocycles. The van der Waals surface area contributed by atoms with E-state index in [-0.39, 0.29) is 0 Å². The van der Waals surface area contributed by atoms with Crippen molar-refractivity contribution in [3.05, 3.63) is 119 Å². The zero-order valence-electron chi connectivity index (χ0n) is 28.4. The van der Waals surface area contributed by atoms with E-state index in [1.54, 1.807) is 25.6 Å². The molecule has 242 valence electrons. The molecule has 5 aromatic rings. The molecule has 2 heterocycles. The quantitative estimate of drug-likeness (QED) is 0.129. The summed E-state index contributed by atoms with van der Waals surface area (Å²) in [6.07, 6.45) is 7.96. The van der Waals surface area contributed by atoms with Crippen molar-refractivity contribution in [3.8, 4) is 22.6 Å². The molecule has 0 atom stereocenters. The second-order valence-corrected chi connectivity index (χ2v) is 13.6. The van der Waals surface area contributed by atoms with Crippen LogP contribution in [0.5, 0.6) is 11.5 Å². The van der Waals surface area contributed by atoms with E-state index in [4.69, 9.17) is 9.47 Å². The van der Waals surface area contributed by atoms with Crippen molar-refractivity contribution in [3.63, 3.8) is 0 Å². The van der Waals surface area contributed by atoms with Crippen molar-refractivity contribution in [2.75, 3.05) is 53.4 Å². The number of fused-ring (bicyclic) bond motifs is 2. The Labute approximate surface area is 283 Å². The summed E-state index contributed by atoms with van der Waals surface area (Å²) in [5, 5.41) is 1.19. The highest BCUT2D eigenvalue weighted by atomic mass is 32.1. The van der Waals surface area contributed by atoms with E-state index >= 15 is 0 Å². The topological polar surface area (TPSA) is 32.1 Å². The Morgan fingerprint density at radius 3 is 2.28 bits per heavy atom. The van der Waals surface area contributed by atoms with Gasteiger partial charge in [0.1, 0.15) is 23.2 Å². The molecule has 6 rings (SSSR count). The molecule has 0 amide bonds. The Kier molecular flexibility index (Phi) is 10.1. The number of benzene rings is 4. The largest absolute Gasteiger partial charge is 0.496 e. The van der Waals surface area contributed by atoms with Crippen LogP contribution < -0.4 is 18.9 Å².